The lowest BCUT2D eigenvalue weighted by molar-refractivity contribution is 0.110. The molecule has 1 aliphatic rings. The van der Waals surface area contributed by atoms with E-state index < -0.39 is 0 Å². The average molecular weight is 325 g/mol. The van der Waals surface area contributed by atoms with Gasteiger partial charge in [-0.2, -0.15) is 0 Å². The van der Waals surface area contributed by atoms with E-state index in [1.165, 1.54) is 5.69 Å². The number of anilines is 1. The zero-order valence-corrected chi connectivity index (χ0v) is 12.3. The van der Waals surface area contributed by atoms with Crippen LogP contribution in [-0.4, -0.2) is 43.8 Å². The van der Waals surface area contributed by atoms with Crippen LogP contribution < -0.4 is 4.90 Å². The molecule has 0 spiro atoms. The van der Waals surface area contributed by atoms with Gasteiger partial charge in [0.15, 0.2) is 0 Å². The van der Waals surface area contributed by atoms with E-state index in [9.17, 15) is 4.79 Å². The van der Waals surface area contributed by atoms with Crippen LogP contribution in [0.5, 0.6) is 0 Å². The maximum absolute atomic E-state index is 11.7. The minimum absolute atomic E-state index is 0.256. The number of hydrogen-bond donors (Lipinski definition) is 0. The topological polar surface area (TPSA) is 32.8 Å². The standard InChI is InChI=1S/C14H17BrN2O2/c1-2-10-19-14(18)17-8-6-16(7-9-17)13-5-3-4-12(15)11-13/h2-5,11H,1,6-10H2. The summed E-state index contributed by atoms with van der Waals surface area (Å²) in [5.41, 5.74) is 1.17. The van der Waals surface area contributed by atoms with Crippen LogP contribution in [0.3, 0.4) is 0 Å². The van der Waals surface area contributed by atoms with E-state index in [1.807, 2.05) is 12.1 Å². The van der Waals surface area contributed by atoms with Crippen molar-refractivity contribution >= 4 is 27.7 Å². The number of halogens is 1. The molecular weight excluding hydrogens is 308 g/mol. The summed E-state index contributed by atoms with van der Waals surface area (Å²) >= 11 is 3.47. The van der Waals surface area contributed by atoms with Crippen LogP contribution in [0, 0.1) is 0 Å². The summed E-state index contributed by atoms with van der Waals surface area (Å²) in [5, 5.41) is 0. The molecule has 0 N–H and O–H groups in total. The lowest BCUT2D eigenvalue weighted by Gasteiger charge is -2.35. The molecule has 102 valence electrons. The average Bonchev–Trinajstić information content (AvgIpc) is 2.45. The van der Waals surface area contributed by atoms with Gasteiger partial charge in [0.25, 0.3) is 0 Å². The van der Waals surface area contributed by atoms with E-state index in [0.29, 0.717) is 13.1 Å². The molecule has 19 heavy (non-hydrogen) atoms. The van der Waals surface area contributed by atoms with Crippen molar-refractivity contribution in [2.45, 2.75) is 0 Å². The molecule has 1 saturated heterocycles. The third-order valence-corrected chi connectivity index (χ3v) is 3.53. The minimum Gasteiger partial charge on any atom is -0.445 e. The Morgan fingerprint density at radius 2 is 2.11 bits per heavy atom. The highest BCUT2D eigenvalue weighted by molar-refractivity contribution is 9.10. The van der Waals surface area contributed by atoms with Crippen LogP contribution in [0.1, 0.15) is 0 Å². The van der Waals surface area contributed by atoms with Crippen molar-refractivity contribution in [1.82, 2.24) is 4.90 Å². The SMILES string of the molecule is C=CCOC(=O)N1CCN(c2cccc(Br)c2)CC1. The van der Waals surface area contributed by atoms with Gasteiger partial charge in [0.1, 0.15) is 6.61 Å². The number of amides is 1. The van der Waals surface area contributed by atoms with Gasteiger partial charge in [0.2, 0.25) is 0 Å². The molecule has 1 heterocycles. The van der Waals surface area contributed by atoms with Crippen molar-refractivity contribution in [1.29, 1.82) is 0 Å². The number of carbonyl (C=O) groups is 1. The third kappa shape index (κ3) is 3.73. The molecule has 0 atom stereocenters. The van der Waals surface area contributed by atoms with Crippen molar-refractivity contribution in [2.24, 2.45) is 0 Å². The van der Waals surface area contributed by atoms with Gasteiger partial charge in [-0.1, -0.05) is 34.7 Å². The minimum atomic E-state index is -0.256. The zero-order valence-electron chi connectivity index (χ0n) is 10.7. The van der Waals surface area contributed by atoms with Crippen molar-refractivity contribution in [2.75, 3.05) is 37.7 Å². The molecule has 1 amide bonds. The molecule has 0 unspecified atom stereocenters. The van der Waals surface area contributed by atoms with Gasteiger partial charge in [-0.25, -0.2) is 4.79 Å². The Morgan fingerprint density at radius 3 is 2.74 bits per heavy atom. The monoisotopic (exact) mass is 324 g/mol. The molecular formula is C14H17BrN2O2. The van der Waals surface area contributed by atoms with E-state index in [4.69, 9.17) is 4.74 Å². The Hall–Kier alpha value is -1.49. The van der Waals surface area contributed by atoms with Crippen molar-refractivity contribution in [3.05, 3.63) is 41.4 Å². The summed E-state index contributed by atoms with van der Waals surface area (Å²) < 4.78 is 6.10. The Kier molecular flexibility index (Phi) is 4.85. The number of ether oxygens (including phenoxy) is 1. The second-order valence-corrected chi connectivity index (χ2v) is 5.24. The molecule has 1 fully saturated rings. The first-order valence-corrected chi connectivity index (χ1v) is 7.03. The van der Waals surface area contributed by atoms with Gasteiger partial charge in [-0.15, -0.1) is 0 Å². The molecule has 0 bridgehead atoms. The van der Waals surface area contributed by atoms with Crippen LogP contribution in [0.15, 0.2) is 41.4 Å². The quantitative estimate of drug-likeness (QED) is 0.801. The maximum atomic E-state index is 11.7. The number of hydrogen-bond acceptors (Lipinski definition) is 3. The van der Waals surface area contributed by atoms with E-state index in [0.717, 1.165) is 17.6 Å². The summed E-state index contributed by atoms with van der Waals surface area (Å²) in [4.78, 5) is 15.7. The first-order chi connectivity index (χ1) is 9.20. The summed E-state index contributed by atoms with van der Waals surface area (Å²) in [6.07, 6.45) is 1.32. The fourth-order valence-electron chi connectivity index (χ4n) is 2.04. The van der Waals surface area contributed by atoms with Gasteiger partial charge < -0.3 is 14.5 Å². The molecule has 1 aliphatic heterocycles. The maximum Gasteiger partial charge on any atom is 0.410 e. The molecule has 0 aromatic heterocycles. The summed E-state index contributed by atoms with van der Waals surface area (Å²) in [7, 11) is 0. The first-order valence-electron chi connectivity index (χ1n) is 6.24. The number of benzene rings is 1. The highest BCUT2D eigenvalue weighted by Gasteiger charge is 2.22. The summed E-state index contributed by atoms with van der Waals surface area (Å²) in [5.74, 6) is 0. The third-order valence-electron chi connectivity index (χ3n) is 3.04. The van der Waals surface area contributed by atoms with E-state index in [2.05, 4.69) is 39.5 Å². The highest BCUT2D eigenvalue weighted by Crippen LogP contribution is 2.21. The number of rotatable bonds is 3. The zero-order chi connectivity index (χ0) is 13.7. The second kappa shape index (κ2) is 6.61. The number of carbonyl (C=O) groups excluding carboxylic acids is 1. The fraction of sp³-hybridized carbons (Fsp3) is 0.357. The van der Waals surface area contributed by atoms with Gasteiger partial charge >= 0.3 is 6.09 Å². The van der Waals surface area contributed by atoms with Crippen LogP contribution in [-0.2, 0) is 4.74 Å². The number of nitrogens with zero attached hydrogens (tertiary/aromatic N) is 2. The molecule has 4 nitrogen and oxygen atoms in total. The summed E-state index contributed by atoms with van der Waals surface area (Å²) in [6, 6.07) is 8.19. The lowest BCUT2D eigenvalue weighted by atomic mass is 10.2. The van der Waals surface area contributed by atoms with Gasteiger partial charge in [0.05, 0.1) is 0 Å². The highest BCUT2D eigenvalue weighted by atomic mass is 79.9. The molecule has 1 aromatic carbocycles. The number of piperazine rings is 1. The Morgan fingerprint density at radius 1 is 1.37 bits per heavy atom. The van der Waals surface area contributed by atoms with Crippen molar-refractivity contribution in [3.63, 3.8) is 0 Å². The first kappa shape index (κ1) is 13.9. The van der Waals surface area contributed by atoms with E-state index >= 15 is 0 Å². The van der Waals surface area contributed by atoms with E-state index in [1.54, 1.807) is 11.0 Å². The van der Waals surface area contributed by atoms with Crippen LogP contribution in [0.4, 0.5) is 10.5 Å². The predicted octanol–water partition coefficient (Wildman–Crippen LogP) is 2.89. The summed E-state index contributed by atoms with van der Waals surface area (Å²) in [6.45, 7) is 6.80. The molecule has 0 aliphatic carbocycles. The Bertz CT molecular complexity index is 457. The van der Waals surface area contributed by atoms with Crippen LogP contribution >= 0.6 is 15.9 Å². The van der Waals surface area contributed by atoms with Crippen LogP contribution in [0.2, 0.25) is 0 Å². The molecule has 0 radical (unpaired) electrons. The molecule has 2 rings (SSSR count). The predicted molar refractivity (Wildman–Crippen MR) is 79.5 cm³/mol. The molecule has 1 aromatic rings. The fourth-order valence-corrected chi connectivity index (χ4v) is 2.43. The molecule has 5 heteroatoms. The van der Waals surface area contributed by atoms with Gasteiger partial charge in [-0.05, 0) is 18.2 Å². The lowest BCUT2D eigenvalue weighted by Crippen LogP contribution is -2.49. The Balaban J connectivity index is 1.88. The van der Waals surface area contributed by atoms with Gasteiger partial charge in [0, 0.05) is 36.3 Å². The van der Waals surface area contributed by atoms with Crippen molar-refractivity contribution < 1.29 is 9.53 Å². The van der Waals surface area contributed by atoms with Gasteiger partial charge in [-0.3, -0.25) is 0 Å². The smallest absolute Gasteiger partial charge is 0.410 e. The molecule has 0 saturated carbocycles. The normalized spacial score (nSPS) is 15.2. The van der Waals surface area contributed by atoms with Crippen LogP contribution in [0.25, 0.3) is 0 Å². The van der Waals surface area contributed by atoms with Crippen molar-refractivity contribution in [3.8, 4) is 0 Å². The Labute approximate surface area is 121 Å². The largest absolute Gasteiger partial charge is 0.445 e. The second-order valence-electron chi connectivity index (χ2n) is 4.32. The van der Waals surface area contributed by atoms with E-state index in [-0.39, 0.29) is 12.7 Å².